The van der Waals surface area contributed by atoms with Gasteiger partial charge in [0.05, 0.1) is 11.5 Å². The van der Waals surface area contributed by atoms with E-state index >= 15 is 0 Å². The molecular formula is C12H10BrFN2O4S. The molecule has 1 aromatic carbocycles. The molecule has 1 atom stereocenters. The molecule has 1 aromatic rings. The van der Waals surface area contributed by atoms with Gasteiger partial charge in [-0.3, -0.25) is 4.79 Å². The minimum absolute atomic E-state index is 0.0173. The number of nitrogens with zero attached hydrogens (tertiary/aromatic N) is 2. The fraction of sp³-hybridized carbons (Fsp3) is 0.333. The third kappa shape index (κ3) is 2.92. The van der Waals surface area contributed by atoms with Gasteiger partial charge in [-0.1, -0.05) is 0 Å². The minimum Gasteiger partial charge on any atom is -0.481 e. The van der Waals surface area contributed by atoms with E-state index in [0.717, 1.165) is 16.4 Å². The van der Waals surface area contributed by atoms with Crippen molar-refractivity contribution in [2.24, 2.45) is 5.92 Å². The van der Waals surface area contributed by atoms with Crippen LogP contribution in [0.2, 0.25) is 0 Å². The number of hydrogen-bond acceptors (Lipinski definition) is 4. The Hall–Kier alpha value is -1.50. The van der Waals surface area contributed by atoms with Crippen molar-refractivity contribution >= 4 is 31.9 Å². The van der Waals surface area contributed by atoms with E-state index in [-0.39, 0.29) is 29.5 Å². The summed E-state index contributed by atoms with van der Waals surface area (Å²) in [7, 11) is -4.13. The van der Waals surface area contributed by atoms with Crippen molar-refractivity contribution in [2.75, 3.05) is 13.1 Å². The first kappa shape index (κ1) is 15.9. The highest BCUT2D eigenvalue weighted by atomic mass is 79.9. The first-order valence-electron chi connectivity index (χ1n) is 5.89. The maximum absolute atomic E-state index is 13.9. The number of rotatable bonds is 3. The normalized spacial score (nSPS) is 19.4. The van der Waals surface area contributed by atoms with E-state index < -0.39 is 32.6 Å². The van der Waals surface area contributed by atoms with Crippen LogP contribution in [0.3, 0.4) is 0 Å². The number of benzene rings is 1. The summed E-state index contributed by atoms with van der Waals surface area (Å²) >= 11 is 3.01. The molecule has 0 aromatic heterocycles. The third-order valence-corrected chi connectivity index (χ3v) is 5.80. The number of carboxylic acid groups (broad SMARTS) is 1. The average Bonchev–Trinajstić information content (AvgIpc) is 2.91. The molecule has 6 nitrogen and oxygen atoms in total. The van der Waals surface area contributed by atoms with Crippen LogP contribution in [0.25, 0.3) is 0 Å². The van der Waals surface area contributed by atoms with Crippen LogP contribution in [-0.4, -0.2) is 36.9 Å². The van der Waals surface area contributed by atoms with E-state index in [9.17, 15) is 17.6 Å². The molecule has 1 N–H and O–H groups in total. The van der Waals surface area contributed by atoms with Gasteiger partial charge in [-0.2, -0.15) is 9.57 Å². The predicted molar refractivity (Wildman–Crippen MR) is 73.3 cm³/mol. The van der Waals surface area contributed by atoms with Gasteiger partial charge in [0.15, 0.2) is 0 Å². The van der Waals surface area contributed by atoms with Crippen LogP contribution in [-0.2, 0) is 14.8 Å². The smallest absolute Gasteiger partial charge is 0.307 e. The van der Waals surface area contributed by atoms with E-state index in [1.165, 1.54) is 0 Å². The Morgan fingerprint density at radius 3 is 2.71 bits per heavy atom. The molecule has 1 fully saturated rings. The molecule has 21 heavy (non-hydrogen) atoms. The minimum atomic E-state index is -4.13. The first-order chi connectivity index (χ1) is 9.77. The van der Waals surface area contributed by atoms with Crippen molar-refractivity contribution in [3.05, 3.63) is 28.0 Å². The summed E-state index contributed by atoms with van der Waals surface area (Å²) in [5.41, 5.74) is -0.0173. The number of halogens is 2. The zero-order valence-electron chi connectivity index (χ0n) is 10.6. The topological polar surface area (TPSA) is 98.5 Å². The van der Waals surface area contributed by atoms with Crippen LogP contribution in [0.15, 0.2) is 21.5 Å². The molecule has 0 saturated carbocycles. The van der Waals surface area contributed by atoms with Crippen LogP contribution in [0.5, 0.6) is 0 Å². The maximum atomic E-state index is 13.9. The number of carboxylic acids is 1. The highest BCUT2D eigenvalue weighted by molar-refractivity contribution is 9.10. The van der Waals surface area contributed by atoms with Gasteiger partial charge in [-0.05, 0) is 34.5 Å². The summed E-state index contributed by atoms with van der Waals surface area (Å²) in [5, 5.41) is 17.7. The highest BCUT2D eigenvalue weighted by Gasteiger charge is 2.37. The summed E-state index contributed by atoms with van der Waals surface area (Å²) in [6.45, 7) is -0.162. The number of nitriles is 1. The van der Waals surface area contributed by atoms with Gasteiger partial charge in [0, 0.05) is 17.6 Å². The molecule has 1 aliphatic heterocycles. The molecule has 2 rings (SSSR count). The highest BCUT2D eigenvalue weighted by Crippen LogP contribution is 2.29. The zero-order valence-corrected chi connectivity index (χ0v) is 13.0. The van der Waals surface area contributed by atoms with E-state index in [4.69, 9.17) is 10.4 Å². The molecule has 1 unspecified atom stereocenters. The van der Waals surface area contributed by atoms with Gasteiger partial charge in [-0.15, -0.1) is 0 Å². The van der Waals surface area contributed by atoms with Crippen molar-refractivity contribution in [3.63, 3.8) is 0 Å². The Labute approximate surface area is 129 Å². The molecule has 0 aliphatic carbocycles. The van der Waals surface area contributed by atoms with E-state index in [0.29, 0.717) is 0 Å². The number of sulfonamides is 1. The van der Waals surface area contributed by atoms with Crippen LogP contribution in [0.1, 0.15) is 12.0 Å². The van der Waals surface area contributed by atoms with Crippen LogP contribution in [0, 0.1) is 23.1 Å². The number of carbonyl (C=O) groups is 1. The monoisotopic (exact) mass is 376 g/mol. The first-order valence-corrected chi connectivity index (χ1v) is 8.12. The molecule has 0 amide bonds. The van der Waals surface area contributed by atoms with Crippen LogP contribution in [0.4, 0.5) is 4.39 Å². The largest absolute Gasteiger partial charge is 0.481 e. The summed E-state index contributed by atoms with van der Waals surface area (Å²) in [6.07, 6.45) is 0.188. The van der Waals surface area contributed by atoms with Gasteiger partial charge in [0.25, 0.3) is 0 Å². The standard InChI is InChI=1S/C12H10BrFN2O4S/c13-9-4-11(10(14)3-8(9)5-15)21(19,20)16-2-1-7(6-16)12(17)18/h3-4,7H,1-2,6H2,(H,17,18). The Bertz CT molecular complexity index is 744. The lowest BCUT2D eigenvalue weighted by Crippen LogP contribution is -2.30. The van der Waals surface area contributed by atoms with Crippen molar-refractivity contribution in [3.8, 4) is 6.07 Å². The molecule has 1 saturated heterocycles. The quantitative estimate of drug-likeness (QED) is 0.862. The molecule has 9 heteroatoms. The van der Waals surface area contributed by atoms with Crippen LogP contribution >= 0.6 is 15.9 Å². The molecular weight excluding hydrogens is 367 g/mol. The lowest BCUT2D eigenvalue weighted by molar-refractivity contribution is -0.141. The second kappa shape index (κ2) is 5.71. The Morgan fingerprint density at radius 2 is 2.19 bits per heavy atom. The fourth-order valence-electron chi connectivity index (χ4n) is 2.10. The lowest BCUT2D eigenvalue weighted by Gasteiger charge is -2.16. The summed E-state index contributed by atoms with van der Waals surface area (Å²) in [4.78, 5) is 10.3. The number of aliphatic carboxylic acids is 1. The molecule has 0 radical (unpaired) electrons. The van der Waals surface area contributed by atoms with Gasteiger partial charge >= 0.3 is 5.97 Å². The molecule has 1 heterocycles. The van der Waals surface area contributed by atoms with Crippen molar-refractivity contribution in [1.29, 1.82) is 5.26 Å². The van der Waals surface area contributed by atoms with Crippen molar-refractivity contribution in [1.82, 2.24) is 4.31 Å². The lowest BCUT2D eigenvalue weighted by atomic mass is 10.1. The molecule has 0 bridgehead atoms. The van der Waals surface area contributed by atoms with E-state index in [2.05, 4.69) is 15.9 Å². The van der Waals surface area contributed by atoms with Gasteiger partial charge < -0.3 is 5.11 Å². The van der Waals surface area contributed by atoms with Gasteiger partial charge in [0.2, 0.25) is 10.0 Å². The molecule has 0 spiro atoms. The molecule has 112 valence electrons. The summed E-state index contributed by atoms with van der Waals surface area (Å²) in [5.74, 6) is -2.90. The fourth-order valence-corrected chi connectivity index (χ4v) is 4.25. The summed E-state index contributed by atoms with van der Waals surface area (Å²) < 4.78 is 39.8. The SMILES string of the molecule is N#Cc1cc(F)c(S(=O)(=O)N2CCC(C(=O)O)C2)cc1Br. The summed E-state index contributed by atoms with van der Waals surface area (Å²) in [6, 6.07) is 3.59. The van der Waals surface area contributed by atoms with E-state index in [1.807, 2.05) is 0 Å². The Kier molecular flexibility index (Phi) is 4.32. The Morgan fingerprint density at radius 1 is 1.52 bits per heavy atom. The second-order valence-electron chi connectivity index (χ2n) is 4.56. The van der Waals surface area contributed by atoms with E-state index in [1.54, 1.807) is 6.07 Å². The number of hydrogen-bond donors (Lipinski definition) is 1. The van der Waals surface area contributed by atoms with Gasteiger partial charge in [-0.25, -0.2) is 12.8 Å². The average molecular weight is 377 g/mol. The predicted octanol–water partition coefficient (Wildman–Crippen LogP) is 1.56. The van der Waals surface area contributed by atoms with Crippen molar-refractivity contribution < 1.29 is 22.7 Å². The van der Waals surface area contributed by atoms with Gasteiger partial charge in [0.1, 0.15) is 16.8 Å². The third-order valence-electron chi connectivity index (χ3n) is 3.26. The second-order valence-corrected chi connectivity index (χ2v) is 7.32. The Balaban J connectivity index is 2.40. The van der Waals surface area contributed by atoms with Crippen molar-refractivity contribution in [2.45, 2.75) is 11.3 Å². The zero-order chi connectivity index (χ0) is 15.8. The maximum Gasteiger partial charge on any atom is 0.307 e. The van der Waals surface area contributed by atoms with Crippen LogP contribution < -0.4 is 0 Å². The molecule has 1 aliphatic rings.